The molecule has 1 saturated heterocycles. The Hall–Kier alpha value is -2.61. The van der Waals surface area contributed by atoms with Crippen molar-refractivity contribution in [3.8, 4) is 5.75 Å². The lowest BCUT2D eigenvalue weighted by molar-refractivity contribution is 0.101. The van der Waals surface area contributed by atoms with Gasteiger partial charge in [0.2, 0.25) is 0 Å². The van der Waals surface area contributed by atoms with Gasteiger partial charge < -0.3 is 15.0 Å². The van der Waals surface area contributed by atoms with Crippen LogP contribution in [-0.2, 0) is 0 Å². The lowest BCUT2D eigenvalue weighted by atomic mass is 10.1. The first-order valence-corrected chi connectivity index (χ1v) is 8.44. The number of piperidine rings is 1. The Balaban J connectivity index is 1.77. The van der Waals surface area contributed by atoms with E-state index < -0.39 is 34.7 Å². The SMILES string of the molecule is CN1CCC(Oc2cccc(NC(=O)c3c(F)cc(F)cc3F)c2F)CC1. The van der Waals surface area contributed by atoms with E-state index in [9.17, 15) is 22.4 Å². The van der Waals surface area contributed by atoms with E-state index >= 15 is 0 Å². The Morgan fingerprint density at radius 3 is 2.37 bits per heavy atom. The summed E-state index contributed by atoms with van der Waals surface area (Å²) in [6.45, 7) is 1.65. The van der Waals surface area contributed by atoms with Gasteiger partial charge in [0.15, 0.2) is 11.6 Å². The minimum atomic E-state index is -1.37. The van der Waals surface area contributed by atoms with Crippen LogP contribution in [0.25, 0.3) is 0 Å². The summed E-state index contributed by atoms with van der Waals surface area (Å²) in [6.07, 6.45) is 1.31. The summed E-state index contributed by atoms with van der Waals surface area (Å²) in [5, 5.41) is 2.11. The number of hydrogen-bond acceptors (Lipinski definition) is 3. The summed E-state index contributed by atoms with van der Waals surface area (Å²) in [7, 11) is 1.99. The van der Waals surface area contributed by atoms with Crippen molar-refractivity contribution in [3.05, 3.63) is 59.2 Å². The first-order chi connectivity index (χ1) is 12.8. The summed E-state index contributed by atoms with van der Waals surface area (Å²) >= 11 is 0. The van der Waals surface area contributed by atoms with Gasteiger partial charge in [-0.25, -0.2) is 17.6 Å². The van der Waals surface area contributed by atoms with Gasteiger partial charge in [-0.05, 0) is 32.0 Å². The maximum Gasteiger partial charge on any atom is 0.261 e. The van der Waals surface area contributed by atoms with E-state index in [2.05, 4.69) is 10.2 Å². The third-order valence-electron chi connectivity index (χ3n) is 4.40. The molecule has 0 aromatic heterocycles. The van der Waals surface area contributed by atoms with Crippen LogP contribution in [0.4, 0.5) is 23.2 Å². The van der Waals surface area contributed by atoms with Crippen LogP contribution >= 0.6 is 0 Å². The molecule has 1 heterocycles. The topological polar surface area (TPSA) is 41.6 Å². The van der Waals surface area contributed by atoms with Crippen LogP contribution in [0, 0.1) is 23.3 Å². The molecule has 1 amide bonds. The molecule has 2 aromatic carbocycles. The Morgan fingerprint density at radius 2 is 1.74 bits per heavy atom. The normalized spacial score (nSPS) is 15.6. The van der Waals surface area contributed by atoms with Crippen molar-refractivity contribution in [2.45, 2.75) is 18.9 Å². The smallest absolute Gasteiger partial charge is 0.261 e. The number of benzene rings is 2. The van der Waals surface area contributed by atoms with E-state index in [1.807, 2.05) is 7.05 Å². The molecule has 0 saturated carbocycles. The number of likely N-dealkylation sites (tertiary alicyclic amines) is 1. The molecule has 0 unspecified atom stereocenters. The second-order valence-electron chi connectivity index (χ2n) is 6.44. The van der Waals surface area contributed by atoms with Crippen molar-refractivity contribution in [1.29, 1.82) is 0 Å². The first-order valence-electron chi connectivity index (χ1n) is 8.44. The van der Waals surface area contributed by atoms with Gasteiger partial charge >= 0.3 is 0 Å². The number of ether oxygens (including phenoxy) is 1. The Kier molecular flexibility index (Phi) is 5.65. The molecule has 3 rings (SSSR count). The molecular weight excluding hydrogens is 364 g/mol. The Morgan fingerprint density at radius 1 is 1.11 bits per heavy atom. The van der Waals surface area contributed by atoms with Crippen LogP contribution in [0.15, 0.2) is 30.3 Å². The van der Waals surface area contributed by atoms with Gasteiger partial charge in [0.05, 0.1) is 5.69 Å². The molecule has 4 nitrogen and oxygen atoms in total. The van der Waals surface area contributed by atoms with E-state index in [4.69, 9.17) is 4.74 Å². The number of amides is 1. The van der Waals surface area contributed by atoms with E-state index in [1.165, 1.54) is 18.2 Å². The highest BCUT2D eigenvalue weighted by molar-refractivity contribution is 6.04. The molecule has 1 fully saturated rings. The van der Waals surface area contributed by atoms with Gasteiger partial charge in [-0.1, -0.05) is 6.07 Å². The molecule has 144 valence electrons. The van der Waals surface area contributed by atoms with Crippen molar-refractivity contribution in [2.75, 3.05) is 25.5 Å². The highest BCUT2D eigenvalue weighted by Crippen LogP contribution is 2.28. The lowest BCUT2D eigenvalue weighted by Crippen LogP contribution is -2.35. The number of carbonyl (C=O) groups is 1. The molecule has 0 spiro atoms. The van der Waals surface area contributed by atoms with Gasteiger partial charge in [0.1, 0.15) is 29.1 Å². The maximum absolute atomic E-state index is 14.6. The molecule has 1 aliphatic rings. The fourth-order valence-electron chi connectivity index (χ4n) is 2.92. The summed E-state index contributed by atoms with van der Waals surface area (Å²) in [5.74, 6) is -6.01. The number of hydrogen-bond donors (Lipinski definition) is 1. The molecule has 1 N–H and O–H groups in total. The number of anilines is 1. The summed E-state index contributed by atoms with van der Waals surface area (Å²) < 4.78 is 60.7. The van der Waals surface area contributed by atoms with Gasteiger partial charge in [-0.3, -0.25) is 4.79 Å². The summed E-state index contributed by atoms with van der Waals surface area (Å²) in [6, 6.07) is 4.89. The van der Waals surface area contributed by atoms with Crippen molar-refractivity contribution >= 4 is 11.6 Å². The number of carbonyl (C=O) groups excluding carboxylic acids is 1. The van der Waals surface area contributed by atoms with Crippen LogP contribution in [-0.4, -0.2) is 37.0 Å². The average Bonchev–Trinajstić information content (AvgIpc) is 2.59. The van der Waals surface area contributed by atoms with Crippen LogP contribution in [0.2, 0.25) is 0 Å². The fraction of sp³-hybridized carbons (Fsp3) is 0.316. The largest absolute Gasteiger partial charge is 0.487 e. The Bertz CT molecular complexity index is 829. The molecule has 2 aromatic rings. The Labute approximate surface area is 153 Å². The molecule has 0 atom stereocenters. The summed E-state index contributed by atoms with van der Waals surface area (Å²) in [4.78, 5) is 14.3. The minimum Gasteiger partial charge on any atom is -0.487 e. The van der Waals surface area contributed by atoms with Crippen molar-refractivity contribution in [1.82, 2.24) is 4.90 Å². The zero-order valence-electron chi connectivity index (χ0n) is 14.6. The predicted molar refractivity (Wildman–Crippen MR) is 91.8 cm³/mol. The van der Waals surface area contributed by atoms with Crippen LogP contribution < -0.4 is 10.1 Å². The highest BCUT2D eigenvalue weighted by Gasteiger charge is 2.23. The average molecular weight is 382 g/mol. The van der Waals surface area contributed by atoms with Crippen LogP contribution in [0.1, 0.15) is 23.2 Å². The number of nitrogens with one attached hydrogen (secondary N) is 1. The predicted octanol–water partition coefficient (Wildman–Crippen LogP) is 3.97. The van der Waals surface area contributed by atoms with E-state index in [0.29, 0.717) is 12.1 Å². The van der Waals surface area contributed by atoms with Crippen molar-refractivity contribution in [3.63, 3.8) is 0 Å². The molecule has 0 bridgehead atoms. The molecule has 0 aliphatic carbocycles. The second kappa shape index (κ2) is 7.96. The van der Waals surface area contributed by atoms with E-state index in [0.717, 1.165) is 25.9 Å². The summed E-state index contributed by atoms with van der Waals surface area (Å²) in [5.41, 5.74) is -1.27. The van der Waals surface area contributed by atoms with Gasteiger partial charge in [0, 0.05) is 25.2 Å². The van der Waals surface area contributed by atoms with Gasteiger partial charge in [-0.15, -0.1) is 0 Å². The zero-order chi connectivity index (χ0) is 19.6. The molecule has 0 radical (unpaired) electrons. The number of rotatable bonds is 4. The van der Waals surface area contributed by atoms with Crippen LogP contribution in [0.5, 0.6) is 5.75 Å². The standard InChI is InChI=1S/C19H18F4N2O2/c1-25-7-5-12(6-8-25)27-16-4-2-3-15(18(16)23)24-19(26)17-13(21)9-11(20)10-14(17)22/h2-4,9-10,12H,5-8H2,1H3,(H,24,26). The molecule has 27 heavy (non-hydrogen) atoms. The van der Waals surface area contributed by atoms with E-state index in [-0.39, 0.29) is 17.5 Å². The van der Waals surface area contributed by atoms with Gasteiger partial charge in [-0.2, -0.15) is 0 Å². The second-order valence-corrected chi connectivity index (χ2v) is 6.44. The highest BCUT2D eigenvalue weighted by atomic mass is 19.1. The fourth-order valence-corrected chi connectivity index (χ4v) is 2.92. The van der Waals surface area contributed by atoms with Crippen molar-refractivity contribution < 1.29 is 27.1 Å². The third-order valence-corrected chi connectivity index (χ3v) is 4.40. The maximum atomic E-state index is 14.6. The third kappa shape index (κ3) is 4.39. The van der Waals surface area contributed by atoms with Crippen molar-refractivity contribution in [2.24, 2.45) is 0 Å². The molecule has 1 aliphatic heterocycles. The zero-order valence-corrected chi connectivity index (χ0v) is 14.6. The monoisotopic (exact) mass is 382 g/mol. The van der Waals surface area contributed by atoms with E-state index in [1.54, 1.807) is 0 Å². The number of nitrogens with zero attached hydrogens (tertiary/aromatic N) is 1. The first kappa shape index (κ1) is 19.2. The molecular formula is C19H18F4N2O2. The molecule has 8 heteroatoms. The minimum absolute atomic E-state index is 0.0533. The quantitative estimate of drug-likeness (QED) is 0.814. The number of halogens is 4. The van der Waals surface area contributed by atoms with Gasteiger partial charge in [0.25, 0.3) is 5.91 Å². The lowest BCUT2D eigenvalue weighted by Gasteiger charge is -2.29. The van der Waals surface area contributed by atoms with Crippen LogP contribution in [0.3, 0.4) is 0 Å².